The summed E-state index contributed by atoms with van der Waals surface area (Å²) in [6.07, 6.45) is 3.57. The lowest BCUT2D eigenvalue weighted by molar-refractivity contribution is -0.121. The number of hydrogen-bond donors (Lipinski definition) is 1. The predicted molar refractivity (Wildman–Crippen MR) is 84.0 cm³/mol. The molecule has 1 aromatic rings. The molecule has 0 aliphatic carbocycles. The van der Waals surface area contributed by atoms with Crippen LogP contribution < -0.4 is 14.9 Å². The molecule has 21 heavy (non-hydrogen) atoms. The molecule has 0 radical (unpaired) electrons. The van der Waals surface area contributed by atoms with Crippen LogP contribution in [0.3, 0.4) is 0 Å². The standard InChI is InChI=1S/C16H24N2O3/c1-5-6-7-8-16(19)18-17-12(2)13-9-10-14(20-3)15(11-13)21-4/h9-11H,5-8H2,1-4H3,(H,18,19)/b17-12+. The topological polar surface area (TPSA) is 59.9 Å². The van der Waals surface area contributed by atoms with Gasteiger partial charge in [-0.15, -0.1) is 0 Å². The normalized spacial score (nSPS) is 11.1. The molecule has 0 saturated heterocycles. The second kappa shape index (κ2) is 9.00. The molecule has 0 aliphatic heterocycles. The lowest BCUT2D eigenvalue weighted by Crippen LogP contribution is -2.18. The summed E-state index contributed by atoms with van der Waals surface area (Å²) in [7, 11) is 3.18. The second-order valence-corrected chi connectivity index (χ2v) is 4.76. The van der Waals surface area contributed by atoms with E-state index in [9.17, 15) is 4.79 Å². The first kappa shape index (κ1) is 17.0. The van der Waals surface area contributed by atoms with E-state index in [1.807, 2.05) is 25.1 Å². The Kier molecular flexibility index (Phi) is 7.29. The summed E-state index contributed by atoms with van der Waals surface area (Å²) in [5.41, 5.74) is 4.18. The van der Waals surface area contributed by atoms with E-state index in [0.29, 0.717) is 17.9 Å². The molecule has 1 rings (SSSR count). The Labute approximate surface area is 126 Å². The zero-order valence-corrected chi connectivity index (χ0v) is 13.2. The minimum absolute atomic E-state index is 0.0525. The van der Waals surface area contributed by atoms with Gasteiger partial charge in [0.1, 0.15) is 0 Å². The molecule has 0 fully saturated rings. The minimum atomic E-state index is -0.0525. The Morgan fingerprint density at radius 1 is 1.19 bits per heavy atom. The van der Waals surface area contributed by atoms with Gasteiger partial charge in [0.15, 0.2) is 11.5 Å². The highest BCUT2D eigenvalue weighted by Crippen LogP contribution is 2.27. The van der Waals surface area contributed by atoms with Crippen LogP contribution in [0.25, 0.3) is 0 Å². The van der Waals surface area contributed by atoms with Crippen molar-refractivity contribution in [3.05, 3.63) is 23.8 Å². The monoisotopic (exact) mass is 292 g/mol. The van der Waals surface area contributed by atoms with Crippen molar-refractivity contribution in [2.75, 3.05) is 14.2 Å². The van der Waals surface area contributed by atoms with E-state index in [1.165, 1.54) is 0 Å². The summed E-state index contributed by atoms with van der Waals surface area (Å²) in [4.78, 5) is 11.6. The van der Waals surface area contributed by atoms with E-state index in [-0.39, 0.29) is 5.91 Å². The Bertz CT molecular complexity index is 498. The van der Waals surface area contributed by atoms with E-state index in [2.05, 4.69) is 17.5 Å². The number of ether oxygens (including phenoxy) is 2. The van der Waals surface area contributed by atoms with E-state index in [1.54, 1.807) is 14.2 Å². The maximum absolute atomic E-state index is 11.6. The number of carbonyl (C=O) groups excluding carboxylic acids is 1. The number of unbranched alkanes of at least 4 members (excludes halogenated alkanes) is 2. The first-order valence-corrected chi connectivity index (χ1v) is 7.17. The molecule has 116 valence electrons. The van der Waals surface area contributed by atoms with Crippen molar-refractivity contribution in [3.8, 4) is 11.5 Å². The lowest BCUT2D eigenvalue weighted by atomic mass is 10.1. The smallest absolute Gasteiger partial charge is 0.240 e. The van der Waals surface area contributed by atoms with Gasteiger partial charge >= 0.3 is 0 Å². The van der Waals surface area contributed by atoms with Gasteiger partial charge in [0, 0.05) is 12.0 Å². The van der Waals surface area contributed by atoms with Crippen LogP contribution in [0.5, 0.6) is 11.5 Å². The Balaban J connectivity index is 2.67. The highest BCUT2D eigenvalue weighted by atomic mass is 16.5. The first-order valence-electron chi connectivity index (χ1n) is 7.17. The van der Waals surface area contributed by atoms with Gasteiger partial charge in [-0.1, -0.05) is 19.8 Å². The average molecular weight is 292 g/mol. The molecule has 0 bridgehead atoms. The van der Waals surface area contributed by atoms with Gasteiger partial charge in [0.05, 0.1) is 19.9 Å². The third-order valence-electron chi connectivity index (χ3n) is 3.16. The van der Waals surface area contributed by atoms with Gasteiger partial charge in [-0.2, -0.15) is 5.10 Å². The van der Waals surface area contributed by atoms with E-state index in [0.717, 1.165) is 30.5 Å². The van der Waals surface area contributed by atoms with Crippen molar-refractivity contribution < 1.29 is 14.3 Å². The van der Waals surface area contributed by atoms with Crippen LogP contribution in [-0.2, 0) is 4.79 Å². The largest absolute Gasteiger partial charge is 0.493 e. The third-order valence-corrected chi connectivity index (χ3v) is 3.16. The van der Waals surface area contributed by atoms with Gasteiger partial charge < -0.3 is 9.47 Å². The zero-order chi connectivity index (χ0) is 15.7. The van der Waals surface area contributed by atoms with Crippen molar-refractivity contribution >= 4 is 11.6 Å². The Hall–Kier alpha value is -2.04. The lowest BCUT2D eigenvalue weighted by Gasteiger charge is -2.09. The van der Waals surface area contributed by atoms with Crippen LogP contribution in [0.2, 0.25) is 0 Å². The number of nitrogens with one attached hydrogen (secondary N) is 1. The zero-order valence-electron chi connectivity index (χ0n) is 13.2. The number of benzene rings is 1. The molecule has 5 heteroatoms. The molecule has 0 spiro atoms. The SMILES string of the molecule is CCCCCC(=O)N/N=C(\C)c1ccc(OC)c(OC)c1. The van der Waals surface area contributed by atoms with Crippen LogP contribution in [0, 0.1) is 0 Å². The van der Waals surface area contributed by atoms with Gasteiger partial charge in [0.2, 0.25) is 5.91 Å². The number of nitrogens with zero attached hydrogens (tertiary/aromatic N) is 1. The molecular weight excluding hydrogens is 268 g/mol. The number of hydrogen-bond acceptors (Lipinski definition) is 4. The summed E-state index contributed by atoms with van der Waals surface area (Å²) in [6.45, 7) is 3.95. The van der Waals surface area contributed by atoms with Crippen molar-refractivity contribution in [3.63, 3.8) is 0 Å². The van der Waals surface area contributed by atoms with E-state index < -0.39 is 0 Å². The molecule has 1 aromatic carbocycles. The fraction of sp³-hybridized carbons (Fsp3) is 0.500. The molecule has 1 N–H and O–H groups in total. The first-order chi connectivity index (χ1) is 10.1. The second-order valence-electron chi connectivity index (χ2n) is 4.76. The fourth-order valence-corrected chi connectivity index (χ4v) is 1.86. The van der Waals surface area contributed by atoms with Crippen molar-refractivity contribution in [1.82, 2.24) is 5.43 Å². The maximum Gasteiger partial charge on any atom is 0.240 e. The summed E-state index contributed by atoms with van der Waals surface area (Å²) >= 11 is 0. The van der Waals surface area contributed by atoms with Crippen LogP contribution >= 0.6 is 0 Å². The molecular formula is C16H24N2O3. The minimum Gasteiger partial charge on any atom is -0.493 e. The summed E-state index contributed by atoms with van der Waals surface area (Å²) in [5, 5.41) is 4.12. The highest BCUT2D eigenvalue weighted by Gasteiger charge is 2.07. The predicted octanol–water partition coefficient (Wildman–Crippen LogP) is 3.12. The van der Waals surface area contributed by atoms with Crippen LogP contribution in [-0.4, -0.2) is 25.8 Å². The van der Waals surface area contributed by atoms with E-state index >= 15 is 0 Å². The van der Waals surface area contributed by atoms with Gasteiger partial charge in [-0.3, -0.25) is 4.79 Å². The summed E-state index contributed by atoms with van der Waals surface area (Å²) in [6, 6.07) is 5.53. The highest BCUT2D eigenvalue weighted by molar-refractivity contribution is 5.99. The Morgan fingerprint density at radius 2 is 1.90 bits per heavy atom. The number of hydrazone groups is 1. The average Bonchev–Trinajstić information content (AvgIpc) is 2.52. The molecule has 0 saturated carbocycles. The third kappa shape index (κ3) is 5.45. The maximum atomic E-state index is 11.6. The molecule has 1 amide bonds. The number of amides is 1. The molecule has 5 nitrogen and oxygen atoms in total. The number of methoxy groups -OCH3 is 2. The van der Waals surface area contributed by atoms with Gasteiger partial charge in [0.25, 0.3) is 0 Å². The molecule has 0 aliphatic rings. The Morgan fingerprint density at radius 3 is 2.52 bits per heavy atom. The number of carbonyl (C=O) groups is 1. The van der Waals surface area contributed by atoms with Crippen molar-refractivity contribution in [2.24, 2.45) is 5.10 Å². The molecule has 0 unspecified atom stereocenters. The molecule has 0 atom stereocenters. The van der Waals surface area contributed by atoms with Crippen LogP contribution in [0.4, 0.5) is 0 Å². The molecule has 0 heterocycles. The fourth-order valence-electron chi connectivity index (χ4n) is 1.86. The summed E-state index contributed by atoms with van der Waals surface area (Å²) in [5.74, 6) is 1.25. The van der Waals surface area contributed by atoms with Gasteiger partial charge in [-0.05, 0) is 31.5 Å². The van der Waals surface area contributed by atoms with E-state index in [4.69, 9.17) is 9.47 Å². The van der Waals surface area contributed by atoms with Crippen molar-refractivity contribution in [1.29, 1.82) is 0 Å². The summed E-state index contributed by atoms with van der Waals surface area (Å²) < 4.78 is 10.4. The van der Waals surface area contributed by atoms with Crippen LogP contribution in [0.1, 0.15) is 45.1 Å². The quantitative estimate of drug-likeness (QED) is 0.455. The van der Waals surface area contributed by atoms with Crippen LogP contribution in [0.15, 0.2) is 23.3 Å². The van der Waals surface area contributed by atoms with Crippen molar-refractivity contribution in [2.45, 2.75) is 39.5 Å². The van der Waals surface area contributed by atoms with Gasteiger partial charge in [-0.25, -0.2) is 5.43 Å². The molecule has 0 aromatic heterocycles. The number of rotatable bonds is 8.